The summed E-state index contributed by atoms with van der Waals surface area (Å²) in [5, 5.41) is 3.09. The number of hydrogen-bond donors (Lipinski definition) is 1. The van der Waals surface area contributed by atoms with E-state index >= 15 is 0 Å². The fourth-order valence-electron chi connectivity index (χ4n) is 4.31. The summed E-state index contributed by atoms with van der Waals surface area (Å²) in [7, 11) is 3.85. The van der Waals surface area contributed by atoms with E-state index in [0.29, 0.717) is 25.5 Å². The molecule has 1 amide bonds. The van der Waals surface area contributed by atoms with Crippen LogP contribution in [-0.2, 0) is 18.4 Å². The van der Waals surface area contributed by atoms with Crippen molar-refractivity contribution in [3.05, 3.63) is 70.5 Å². The minimum Gasteiger partial charge on any atom is -0.355 e. The molecular formula is C25H31N5O2. The SMILES string of the molecule is CN(CCNC(=O)C1CCN(c2nc3ccccc3n(C)c2=O)CC1)Cc1ccccc1. The molecule has 0 atom stereocenters. The number of fused-ring (bicyclic) bond motifs is 1. The van der Waals surface area contributed by atoms with Crippen LogP contribution in [0.3, 0.4) is 0 Å². The summed E-state index contributed by atoms with van der Waals surface area (Å²) in [6.07, 6.45) is 1.45. The number of carbonyl (C=O) groups is 1. The van der Waals surface area contributed by atoms with Crippen molar-refractivity contribution in [2.24, 2.45) is 13.0 Å². The maximum atomic E-state index is 12.8. The van der Waals surface area contributed by atoms with E-state index in [-0.39, 0.29) is 17.4 Å². The Morgan fingerprint density at radius 1 is 1.09 bits per heavy atom. The normalized spacial score (nSPS) is 14.8. The highest BCUT2D eigenvalue weighted by Crippen LogP contribution is 2.21. The Bertz CT molecular complexity index is 1120. The first-order valence-electron chi connectivity index (χ1n) is 11.2. The van der Waals surface area contributed by atoms with Crippen LogP contribution in [0.25, 0.3) is 11.0 Å². The minimum absolute atomic E-state index is 0.0185. The Morgan fingerprint density at radius 3 is 2.53 bits per heavy atom. The molecule has 0 radical (unpaired) electrons. The van der Waals surface area contributed by atoms with E-state index in [9.17, 15) is 9.59 Å². The Balaban J connectivity index is 1.27. The number of nitrogens with one attached hydrogen (secondary N) is 1. The molecular weight excluding hydrogens is 402 g/mol. The number of piperidine rings is 1. The predicted octanol–water partition coefficient (Wildman–Crippen LogP) is 2.40. The summed E-state index contributed by atoms with van der Waals surface area (Å²) in [5.74, 6) is 0.569. The first-order chi connectivity index (χ1) is 15.5. The van der Waals surface area contributed by atoms with Crippen LogP contribution >= 0.6 is 0 Å². The summed E-state index contributed by atoms with van der Waals surface area (Å²) in [5.41, 5.74) is 2.81. The molecule has 0 unspecified atom stereocenters. The van der Waals surface area contributed by atoms with Gasteiger partial charge in [0, 0.05) is 45.7 Å². The largest absolute Gasteiger partial charge is 0.355 e. The van der Waals surface area contributed by atoms with Gasteiger partial charge in [-0.3, -0.25) is 9.59 Å². The van der Waals surface area contributed by atoms with Crippen LogP contribution in [0.4, 0.5) is 5.82 Å². The van der Waals surface area contributed by atoms with Crippen molar-refractivity contribution in [3.8, 4) is 0 Å². The fourth-order valence-corrected chi connectivity index (χ4v) is 4.31. The number of carbonyl (C=O) groups excluding carboxylic acids is 1. The van der Waals surface area contributed by atoms with Gasteiger partial charge in [-0.15, -0.1) is 0 Å². The number of para-hydroxylation sites is 2. The number of benzene rings is 2. The molecule has 7 nitrogen and oxygen atoms in total. The van der Waals surface area contributed by atoms with Crippen LogP contribution in [-0.4, -0.2) is 53.6 Å². The van der Waals surface area contributed by atoms with Crippen molar-refractivity contribution >= 4 is 22.8 Å². The van der Waals surface area contributed by atoms with Gasteiger partial charge in [0.25, 0.3) is 5.56 Å². The molecule has 1 aliphatic heterocycles. The number of aromatic nitrogens is 2. The summed E-state index contributed by atoms with van der Waals surface area (Å²) in [4.78, 5) is 34.3. The Morgan fingerprint density at radius 2 is 1.78 bits per heavy atom. The highest BCUT2D eigenvalue weighted by molar-refractivity contribution is 5.79. The molecule has 1 saturated heterocycles. The van der Waals surface area contributed by atoms with E-state index in [4.69, 9.17) is 0 Å². The fraction of sp³-hybridized carbons (Fsp3) is 0.400. The van der Waals surface area contributed by atoms with Crippen LogP contribution < -0.4 is 15.8 Å². The van der Waals surface area contributed by atoms with Gasteiger partial charge in [0.05, 0.1) is 11.0 Å². The van der Waals surface area contributed by atoms with Crippen LogP contribution in [0, 0.1) is 5.92 Å². The van der Waals surface area contributed by atoms with Crippen molar-refractivity contribution in [2.45, 2.75) is 19.4 Å². The number of hydrogen-bond acceptors (Lipinski definition) is 5. The van der Waals surface area contributed by atoms with Gasteiger partial charge < -0.3 is 19.7 Å². The number of anilines is 1. The van der Waals surface area contributed by atoms with Crippen molar-refractivity contribution in [2.75, 3.05) is 38.1 Å². The van der Waals surface area contributed by atoms with Crippen LogP contribution in [0.15, 0.2) is 59.4 Å². The maximum absolute atomic E-state index is 12.8. The smallest absolute Gasteiger partial charge is 0.293 e. The lowest BCUT2D eigenvalue weighted by atomic mass is 9.96. The molecule has 1 aromatic heterocycles. The first kappa shape index (κ1) is 22.0. The highest BCUT2D eigenvalue weighted by Gasteiger charge is 2.27. The molecule has 1 aliphatic rings. The van der Waals surface area contributed by atoms with Gasteiger partial charge in [-0.1, -0.05) is 42.5 Å². The standard InChI is InChI=1S/C25H31N5O2/c1-28(18-19-8-4-3-5-9-19)17-14-26-24(31)20-12-15-30(16-13-20)23-25(32)29(2)22-11-7-6-10-21(22)27-23/h3-11,20H,12-18H2,1-2H3,(H,26,31). The molecule has 7 heteroatoms. The highest BCUT2D eigenvalue weighted by atomic mass is 16.2. The van der Waals surface area contributed by atoms with E-state index in [2.05, 4.69) is 34.4 Å². The van der Waals surface area contributed by atoms with E-state index < -0.39 is 0 Å². The monoisotopic (exact) mass is 433 g/mol. The molecule has 2 heterocycles. The maximum Gasteiger partial charge on any atom is 0.293 e. The van der Waals surface area contributed by atoms with Gasteiger partial charge in [0.2, 0.25) is 5.91 Å². The third kappa shape index (κ3) is 4.99. The molecule has 3 aromatic rings. The summed E-state index contributed by atoms with van der Waals surface area (Å²) >= 11 is 0. The zero-order valence-corrected chi connectivity index (χ0v) is 18.8. The summed E-state index contributed by atoms with van der Waals surface area (Å²) < 4.78 is 1.66. The lowest BCUT2D eigenvalue weighted by molar-refractivity contribution is -0.125. The zero-order chi connectivity index (χ0) is 22.5. The third-order valence-electron chi connectivity index (χ3n) is 6.22. The summed E-state index contributed by atoms with van der Waals surface area (Å²) in [6, 6.07) is 18.0. The Labute approximate surface area is 188 Å². The Hall–Kier alpha value is -3.19. The molecule has 1 N–H and O–H groups in total. The number of likely N-dealkylation sites (N-methyl/N-ethyl adjacent to an activating group) is 1. The molecule has 0 spiro atoms. The van der Waals surface area contributed by atoms with E-state index in [1.165, 1.54) is 5.56 Å². The molecule has 32 heavy (non-hydrogen) atoms. The predicted molar refractivity (Wildman–Crippen MR) is 128 cm³/mol. The van der Waals surface area contributed by atoms with Gasteiger partial charge in [0.1, 0.15) is 0 Å². The molecule has 2 aromatic carbocycles. The first-order valence-corrected chi connectivity index (χ1v) is 11.2. The van der Waals surface area contributed by atoms with Crippen molar-refractivity contribution < 1.29 is 4.79 Å². The van der Waals surface area contributed by atoms with Crippen LogP contribution in [0.2, 0.25) is 0 Å². The van der Waals surface area contributed by atoms with E-state index in [0.717, 1.165) is 37.0 Å². The topological polar surface area (TPSA) is 70.5 Å². The number of amides is 1. The van der Waals surface area contributed by atoms with Gasteiger partial charge in [-0.2, -0.15) is 0 Å². The van der Waals surface area contributed by atoms with Crippen LogP contribution in [0.1, 0.15) is 18.4 Å². The molecule has 1 fully saturated rings. The molecule has 168 valence electrons. The van der Waals surface area contributed by atoms with Crippen molar-refractivity contribution in [3.63, 3.8) is 0 Å². The Kier molecular flexibility index (Phi) is 6.85. The quantitative estimate of drug-likeness (QED) is 0.620. The lowest BCUT2D eigenvalue weighted by Crippen LogP contribution is -2.44. The number of nitrogens with zero attached hydrogens (tertiary/aromatic N) is 4. The van der Waals surface area contributed by atoms with Crippen LogP contribution in [0.5, 0.6) is 0 Å². The lowest BCUT2D eigenvalue weighted by Gasteiger charge is -2.32. The van der Waals surface area contributed by atoms with E-state index in [1.807, 2.05) is 47.4 Å². The van der Waals surface area contributed by atoms with Gasteiger partial charge in [0.15, 0.2) is 5.82 Å². The van der Waals surface area contributed by atoms with Crippen molar-refractivity contribution in [1.29, 1.82) is 0 Å². The molecule has 0 aliphatic carbocycles. The average molecular weight is 434 g/mol. The van der Waals surface area contributed by atoms with Gasteiger partial charge in [-0.25, -0.2) is 4.98 Å². The second kappa shape index (κ2) is 9.96. The second-order valence-corrected chi connectivity index (χ2v) is 8.56. The minimum atomic E-state index is -0.0898. The van der Waals surface area contributed by atoms with Crippen molar-refractivity contribution in [1.82, 2.24) is 19.8 Å². The van der Waals surface area contributed by atoms with Gasteiger partial charge >= 0.3 is 0 Å². The second-order valence-electron chi connectivity index (χ2n) is 8.56. The molecule has 0 saturated carbocycles. The summed E-state index contributed by atoms with van der Waals surface area (Å²) in [6.45, 7) is 3.62. The number of rotatable bonds is 7. The molecule has 4 rings (SSSR count). The third-order valence-corrected chi connectivity index (χ3v) is 6.22. The number of aryl methyl sites for hydroxylation is 1. The average Bonchev–Trinajstić information content (AvgIpc) is 2.82. The van der Waals surface area contributed by atoms with E-state index in [1.54, 1.807) is 11.6 Å². The zero-order valence-electron chi connectivity index (χ0n) is 18.8. The molecule has 0 bridgehead atoms. The van der Waals surface area contributed by atoms with Gasteiger partial charge in [-0.05, 0) is 37.6 Å².